The van der Waals surface area contributed by atoms with Gasteiger partial charge in [0.1, 0.15) is 5.78 Å². The van der Waals surface area contributed by atoms with E-state index in [1.807, 2.05) is 13.8 Å². The van der Waals surface area contributed by atoms with Gasteiger partial charge in [-0.3, -0.25) is 9.69 Å². The minimum Gasteiger partial charge on any atom is -0.339 e. The number of Topliss-reactive ketones (excluding diaryl/α,β-unsaturated/α-hetero) is 1. The van der Waals surface area contributed by atoms with E-state index in [0.29, 0.717) is 37.1 Å². The van der Waals surface area contributed by atoms with Crippen LogP contribution in [-0.2, 0) is 11.3 Å². The van der Waals surface area contributed by atoms with E-state index in [4.69, 9.17) is 4.52 Å². The van der Waals surface area contributed by atoms with Crippen LogP contribution in [-0.4, -0.2) is 33.9 Å². The monoisotopic (exact) mass is 251 g/mol. The van der Waals surface area contributed by atoms with Crippen molar-refractivity contribution in [1.29, 1.82) is 0 Å². The second-order valence-electron chi connectivity index (χ2n) is 5.39. The second kappa shape index (κ2) is 5.61. The van der Waals surface area contributed by atoms with Gasteiger partial charge in [0.2, 0.25) is 5.89 Å². The van der Waals surface area contributed by atoms with Crippen LogP contribution in [0.3, 0.4) is 0 Å². The van der Waals surface area contributed by atoms with Crippen molar-refractivity contribution in [1.82, 2.24) is 15.0 Å². The zero-order valence-electron chi connectivity index (χ0n) is 11.3. The largest absolute Gasteiger partial charge is 0.339 e. The number of hydrogen-bond donors (Lipinski definition) is 0. The Bertz CT molecular complexity index is 404. The summed E-state index contributed by atoms with van der Waals surface area (Å²) in [5, 5.41) is 3.99. The van der Waals surface area contributed by atoms with Crippen molar-refractivity contribution in [2.24, 2.45) is 0 Å². The number of nitrogens with zero attached hydrogens (tertiary/aromatic N) is 3. The number of rotatable bonds is 4. The Balaban J connectivity index is 1.89. The van der Waals surface area contributed by atoms with Gasteiger partial charge in [-0.1, -0.05) is 19.0 Å². The van der Waals surface area contributed by atoms with Crippen molar-refractivity contribution < 1.29 is 9.32 Å². The Kier molecular flexibility index (Phi) is 4.11. The molecule has 0 unspecified atom stereocenters. The molecule has 0 radical (unpaired) electrons. The summed E-state index contributed by atoms with van der Waals surface area (Å²) >= 11 is 0. The van der Waals surface area contributed by atoms with E-state index in [0.717, 1.165) is 18.7 Å². The summed E-state index contributed by atoms with van der Waals surface area (Å²) in [6.07, 6.45) is 3.31. The number of hydrogen-bond acceptors (Lipinski definition) is 5. The minimum absolute atomic E-state index is 0.267. The first-order chi connectivity index (χ1) is 8.56. The fraction of sp³-hybridized carbons (Fsp3) is 0.769. The average molecular weight is 251 g/mol. The third-order valence-electron chi connectivity index (χ3n) is 3.50. The fourth-order valence-corrected chi connectivity index (χ4v) is 2.28. The molecular formula is C13H21N3O2. The molecule has 1 aromatic heterocycles. The number of ketones is 1. The molecular weight excluding hydrogens is 230 g/mol. The molecule has 0 atom stereocenters. The molecule has 1 fully saturated rings. The van der Waals surface area contributed by atoms with Gasteiger partial charge in [-0.05, 0) is 19.9 Å². The molecule has 1 aromatic rings. The molecule has 0 aromatic carbocycles. The predicted octanol–water partition coefficient (Wildman–Crippen LogP) is 2.14. The average Bonchev–Trinajstić information content (AvgIpc) is 2.78. The van der Waals surface area contributed by atoms with Gasteiger partial charge in [0.15, 0.2) is 5.82 Å². The Labute approximate surface area is 108 Å². The highest BCUT2D eigenvalue weighted by Crippen LogP contribution is 2.20. The lowest BCUT2D eigenvalue weighted by atomic mass is 9.93. The highest BCUT2D eigenvalue weighted by atomic mass is 16.5. The molecule has 1 saturated carbocycles. The maximum absolute atomic E-state index is 11.2. The first-order valence-corrected chi connectivity index (χ1v) is 6.60. The maximum Gasteiger partial charge on any atom is 0.229 e. The maximum atomic E-state index is 11.2. The van der Waals surface area contributed by atoms with Crippen LogP contribution < -0.4 is 0 Å². The molecule has 0 aliphatic heterocycles. The Morgan fingerprint density at radius 3 is 2.61 bits per heavy atom. The lowest BCUT2D eigenvalue weighted by Gasteiger charge is -2.29. The first kappa shape index (κ1) is 13.2. The Hall–Kier alpha value is -1.23. The number of aromatic nitrogens is 2. The van der Waals surface area contributed by atoms with Crippen molar-refractivity contribution >= 4 is 5.78 Å². The molecule has 2 rings (SSSR count). The van der Waals surface area contributed by atoms with Crippen LogP contribution in [0.4, 0.5) is 0 Å². The van der Waals surface area contributed by atoms with Gasteiger partial charge in [0.05, 0.1) is 6.54 Å². The van der Waals surface area contributed by atoms with Crippen molar-refractivity contribution in [3.63, 3.8) is 0 Å². The molecule has 18 heavy (non-hydrogen) atoms. The van der Waals surface area contributed by atoms with E-state index < -0.39 is 0 Å². The third kappa shape index (κ3) is 3.16. The smallest absolute Gasteiger partial charge is 0.229 e. The van der Waals surface area contributed by atoms with Crippen LogP contribution in [0, 0.1) is 0 Å². The number of carbonyl (C=O) groups excluding carboxylic acids is 1. The normalized spacial score (nSPS) is 17.9. The van der Waals surface area contributed by atoms with E-state index in [-0.39, 0.29) is 5.92 Å². The SMILES string of the molecule is CC(C)c1nc(CN(C)C2CCC(=O)CC2)no1. The standard InChI is InChI=1S/C13H21N3O2/c1-9(2)13-14-12(15-18-13)8-16(3)10-4-6-11(17)7-5-10/h9-10H,4-8H2,1-3H3. The molecule has 0 spiro atoms. The molecule has 0 amide bonds. The summed E-state index contributed by atoms with van der Waals surface area (Å²) in [6.45, 7) is 4.76. The van der Waals surface area contributed by atoms with Gasteiger partial charge in [-0.25, -0.2) is 0 Å². The van der Waals surface area contributed by atoms with E-state index in [9.17, 15) is 4.79 Å². The van der Waals surface area contributed by atoms with E-state index in [1.165, 1.54) is 0 Å². The molecule has 100 valence electrons. The van der Waals surface area contributed by atoms with Crippen molar-refractivity contribution in [3.8, 4) is 0 Å². The van der Waals surface area contributed by atoms with Gasteiger partial charge in [-0.15, -0.1) is 0 Å². The van der Waals surface area contributed by atoms with Gasteiger partial charge in [0.25, 0.3) is 0 Å². The zero-order chi connectivity index (χ0) is 13.1. The molecule has 0 N–H and O–H groups in total. The Morgan fingerprint density at radius 2 is 2.06 bits per heavy atom. The van der Waals surface area contributed by atoms with Crippen molar-refractivity contribution in [3.05, 3.63) is 11.7 Å². The van der Waals surface area contributed by atoms with E-state index in [2.05, 4.69) is 22.1 Å². The topological polar surface area (TPSA) is 59.2 Å². The molecule has 0 bridgehead atoms. The first-order valence-electron chi connectivity index (χ1n) is 6.60. The molecule has 1 heterocycles. The minimum atomic E-state index is 0.267. The summed E-state index contributed by atoms with van der Waals surface area (Å²) in [7, 11) is 2.06. The predicted molar refractivity (Wildman–Crippen MR) is 67.1 cm³/mol. The molecule has 0 saturated heterocycles. The van der Waals surface area contributed by atoms with Crippen LogP contribution in [0.2, 0.25) is 0 Å². The summed E-state index contributed by atoms with van der Waals surface area (Å²) in [5.74, 6) is 2.08. The highest BCUT2D eigenvalue weighted by molar-refractivity contribution is 5.79. The molecule has 1 aliphatic carbocycles. The molecule has 1 aliphatic rings. The molecule has 5 heteroatoms. The van der Waals surface area contributed by atoms with Gasteiger partial charge in [0, 0.05) is 24.8 Å². The van der Waals surface area contributed by atoms with Crippen LogP contribution in [0.15, 0.2) is 4.52 Å². The fourth-order valence-electron chi connectivity index (χ4n) is 2.28. The summed E-state index contributed by atoms with van der Waals surface area (Å²) < 4.78 is 5.19. The summed E-state index contributed by atoms with van der Waals surface area (Å²) in [4.78, 5) is 17.8. The van der Waals surface area contributed by atoms with E-state index >= 15 is 0 Å². The van der Waals surface area contributed by atoms with Gasteiger partial charge >= 0.3 is 0 Å². The second-order valence-corrected chi connectivity index (χ2v) is 5.39. The highest BCUT2D eigenvalue weighted by Gasteiger charge is 2.23. The van der Waals surface area contributed by atoms with Crippen LogP contribution in [0.5, 0.6) is 0 Å². The van der Waals surface area contributed by atoms with Gasteiger partial charge < -0.3 is 4.52 Å². The van der Waals surface area contributed by atoms with Crippen molar-refractivity contribution in [2.75, 3.05) is 7.05 Å². The quantitative estimate of drug-likeness (QED) is 0.820. The summed E-state index contributed by atoms with van der Waals surface area (Å²) in [5.41, 5.74) is 0. The van der Waals surface area contributed by atoms with Crippen LogP contribution in [0.1, 0.15) is 57.2 Å². The van der Waals surface area contributed by atoms with E-state index in [1.54, 1.807) is 0 Å². The van der Waals surface area contributed by atoms with Crippen LogP contribution in [0.25, 0.3) is 0 Å². The van der Waals surface area contributed by atoms with Crippen molar-refractivity contribution in [2.45, 2.75) is 58.0 Å². The molecule has 5 nitrogen and oxygen atoms in total. The lowest BCUT2D eigenvalue weighted by molar-refractivity contribution is -0.121. The number of carbonyl (C=O) groups is 1. The third-order valence-corrected chi connectivity index (χ3v) is 3.50. The summed E-state index contributed by atoms with van der Waals surface area (Å²) in [6, 6.07) is 0.462. The Morgan fingerprint density at radius 1 is 1.39 bits per heavy atom. The van der Waals surface area contributed by atoms with Crippen LogP contribution >= 0.6 is 0 Å². The zero-order valence-corrected chi connectivity index (χ0v) is 11.3. The van der Waals surface area contributed by atoms with Gasteiger partial charge in [-0.2, -0.15) is 4.98 Å². The lowest BCUT2D eigenvalue weighted by Crippen LogP contribution is -2.35.